The Kier molecular flexibility index (Phi) is 5.69. The van der Waals surface area contributed by atoms with Crippen molar-refractivity contribution in [1.29, 1.82) is 0 Å². The summed E-state index contributed by atoms with van der Waals surface area (Å²) < 4.78 is 7.55. The predicted octanol–water partition coefficient (Wildman–Crippen LogP) is 5.38. The molecule has 31 heavy (non-hydrogen) atoms. The highest BCUT2D eigenvalue weighted by Gasteiger charge is 2.20. The minimum atomic E-state index is -0.0261. The van der Waals surface area contributed by atoms with E-state index >= 15 is 0 Å². The maximum Gasteiger partial charge on any atom is 0.262 e. The van der Waals surface area contributed by atoms with Crippen LogP contribution in [0.1, 0.15) is 24.0 Å². The van der Waals surface area contributed by atoms with Gasteiger partial charge in [-0.2, -0.15) is 0 Å². The van der Waals surface area contributed by atoms with Crippen molar-refractivity contribution in [3.8, 4) is 0 Å². The van der Waals surface area contributed by atoms with Crippen LogP contribution in [0.5, 0.6) is 0 Å². The summed E-state index contributed by atoms with van der Waals surface area (Å²) in [7, 11) is 0. The number of aromatic nitrogens is 3. The Labute approximate surface area is 189 Å². The van der Waals surface area contributed by atoms with Crippen molar-refractivity contribution < 1.29 is 4.74 Å². The number of thioether (sulfide) groups is 1. The summed E-state index contributed by atoms with van der Waals surface area (Å²) in [4.78, 5) is 22.6. The molecular formula is C24H22ClN3O2S. The summed E-state index contributed by atoms with van der Waals surface area (Å²) in [6.45, 7) is 3.31. The largest absolute Gasteiger partial charge is 0.376 e. The first-order valence-electron chi connectivity index (χ1n) is 10.4. The number of rotatable bonds is 5. The molecule has 0 aliphatic carbocycles. The molecule has 1 aliphatic rings. The van der Waals surface area contributed by atoms with Crippen LogP contribution >= 0.6 is 23.4 Å². The van der Waals surface area contributed by atoms with Gasteiger partial charge in [0.25, 0.3) is 5.56 Å². The van der Waals surface area contributed by atoms with Gasteiger partial charge in [-0.3, -0.25) is 9.36 Å². The molecule has 1 fully saturated rings. The smallest absolute Gasteiger partial charge is 0.262 e. The maximum absolute atomic E-state index is 13.2. The zero-order chi connectivity index (χ0) is 21.4. The van der Waals surface area contributed by atoms with Gasteiger partial charge < -0.3 is 4.74 Å². The first-order valence-corrected chi connectivity index (χ1v) is 11.7. The van der Waals surface area contributed by atoms with Crippen molar-refractivity contribution in [1.82, 2.24) is 14.5 Å². The van der Waals surface area contributed by atoms with E-state index in [-0.39, 0.29) is 11.7 Å². The lowest BCUT2D eigenvalue weighted by molar-refractivity contribution is 0.0937. The van der Waals surface area contributed by atoms with E-state index in [1.807, 2.05) is 37.3 Å². The molecule has 2 aromatic heterocycles. The summed E-state index contributed by atoms with van der Waals surface area (Å²) in [5, 5.41) is 2.85. The van der Waals surface area contributed by atoms with Crippen LogP contribution in [0.15, 0.2) is 58.5 Å². The molecule has 0 bridgehead atoms. The normalized spacial score (nSPS) is 16.4. The summed E-state index contributed by atoms with van der Waals surface area (Å²) >= 11 is 8.00. The van der Waals surface area contributed by atoms with Gasteiger partial charge in [0.2, 0.25) is 0 Å². The molecule has 0 radical (unpaired) electrons. The average molecular weight is 452 g/mol. The molecule has 2 aromatic carbocycles. The summed E-state index contributed by atoms with van der Waals surface area (Å²) in [5.74, 6) is 0.575. The number of aryl methyl sites for hydroxylation is 1. The van der Waals surface area contributed by atoms with Crippen LogP contribution in [0.2, 0.25) is 5.15 Å². The molecule has 4 aromatic rings. The van der Waals surface area contributed by atoms with Crippen LogP contribution < -0.4 is 5.56 Å². The Balaban J connectivity index is 1.50. The molecule has 7 heteroatoms. The van der Waals surface area contributed by atoms with Crippen molar-refractivity contribution >= 4 is 45.2 Å². The fourth-order valence-electron chi connectivity index (χ4n) is 3.95. The Morgan fingerprint density at radius 2 is 2.03 bits per heavy atom. The van der Waals surface area contributed by atoms with Gasteiger partial charge >= 0.3 is 0 Å². The van der Waals surface area contributed by atoms with Crippen LogP contribution in [0, 0.1) is 6.92 Å². The van der Waals surface area contributed by atoms with Crippen molar-refractivity contribution in [3.05, 3.63) is 75.2 Å². The highest BCUT2D eigenvalue weighted by atomic mass is 35.5. The third kappa shape index (κ3) is 4.20. The fraction of sp³-hybridized carbons (Fsp3) is 0.292. The zero-order valence-electron chi connectivity index (χ0n) is 17.2. The van der Waals surface area contributed by atoms with Crippen molar-refractivity contribution in [2.24, 2.45) is 0 Å². The Morgan fingerprint density at radius 3 is 2.87 bits per heavy atom. The predicted molar refractivity (Wildman–Crippen MR) is 126 cm³/mol. The number of nitrogens with zero attached hydrogens (tertiary/aromatic N) is 3. The van der Waals surface area contributed by atoms with E-state index in [1.54, 1.807) is 4.57 Å². The lowest BCUT2D eigenvalue weighted by Crippen LogP contribution is -2.28. The number of hydrogen-bond acceptors (Lipinski definition) is 5. The second kappa shape index (κ2) is 8.61. The molecule has 158 valence electrons. The number of ether oxygens (including phenoxy) is 1. The van der Waals surface area contributed by atoms with E-state index in [0.717, 1.165) is 41.5 Å². The molecule has 0 N–H and O–H groups in total. The van der Waals surface area contributed by atoms with Crippen molar-refractivity contribution in [2.45, 2.75) is 43.3 Å². The molecule has 5 nitrogen and oxygen atoms in total. The molecule has 0 spiro atoms. The van der Waals surface area contributed by atoms with E-state index in [9.17, 15) is 4.79 Å². The van der Waals surface area contributed by atoms with Gasteiger partial charge in [0, 0.05) is 23.3 Å². The number of fused-ring (bicyclic) bond motifs is 2. The molecule has 5 rings (SSSR count). The van der Waals surface area contributed by atoms with E-state index in [4.69, 9.17) is 21.3 Å². The van der Waals surface area contributed by atoms with Gasteiger partial charge in [-0.1, -0.05) is 47.6 Å². The topological polar surface area (TPSA) is 57.0 Å². The molecule has 1 atom stereocenters. The zero-order valence-corrected chi connectivity index (χ0v) is 18.7. The summed E-state index contributed by atoms with van der Waals surface area (Å²) in [5.41, 5.74) is 3.64. The molecule has 1 aliphatic heterocycles. The monoisotopic (exact) mass is 451 g/mol. The number of para-hydroxylation sites is 1. The quantitative estimate of drug-likeness (QED) is 0.232. The van der Waals surface area contributed by atoms with E-state index < -0.39 is 0 Å². The summed E-state index contributed by atoms with van der Waals surface area (Å²) in [6.07, 6.45) is 2.04. The van der Waals surface area contributed by atoms with Gasteiger partial charge in [-0.25, -0.2) is 9.97 Å². The summed E-state index contributed by atoms with van der Waals surface area (Å²) in [6, 6.07) is 15.7. The molecule has 0 amide bonds. The number of pyridine rings is 1. The standard InChI is InChI=1S/C24H22ClN3O2S/c1-15-8-9-16-12-17(22(25)26-21(16)11-15)14-31-24-27-20-7-3-2-6-19(20)23(29)28(24)13-18-5-4-10-30-18/h2-3,6-9,11-12,18H,4-5,10,13-14H2,1H3. The lowest BCUT2D eigenvalue weighted by Gasteiger charge is -2.16. The van der Waals surface area contributed by atoms with E-state index in [2.05, 4.69) is 23.2 Å². The maximum atomic E-state index is 13.2. The number of halogens is 1. The Morgan fingerprint density at radius 1 is 1.16 bits per heavy atom. The molecule has 1 saturated heterocycles. The number of benzene rings is 2. The van der Waals surface area contributed by atoms with Crippen LogP contribution in [-0.2, 0) is 17.0 Å². The van der Waals surface area contributed by atoms with Gasteiger partial charge in [0.1, 0.15) is 5.15 Å². The average Bonchev–Trinajstić information content (AvgIpc) is 3.28. The molecule has 3 heterocycles. The molecule has 1 unspecified atom stereocenters. The molecular weight excluding hydrogens is 430 g/mol. The van der Waals surface area contributed by atoms with Crippen LogP contribution in [0.4, 0.5) is 0 Å². The first kappa shape index (κ1) is 20.5. The first-order chi connectivity index (χ1) is 15.1. The third-order valence-corrected chi connectivity index (χ3v) is 6.95. The highest BCUT2D eigenvalue weighted by molar-refractivity contribution is 7.98. The van der Waals surface area contributed by atoms with E-state index in [0.29, 0.717) is 33.5 Å². The fourth-order valence-corrected chi connectivity index (χ4v) is 5.22. The van der Waals surface area contributed by atoms with Gasteiger partial charge in [0.05, 0.1) is 29.1 Å². The second-order valence-electron chi connectivity index (χ2n) is 7.89. The van der Waals surface area contributed by atoms with Crippen LogP contribution in [-0.4, -0.2) is 27.2 Å². The Bertz CT molecular complexity index is 1330. The SMILES string of the molecule is Cc1ccc2cc(CSc3nc4ccccc4c(=O)n3CC3CCCO3)c(Cl)nc2c1. The number of hydrogen-bond donors (Lipinski definition) is 0. The molecule has 0 saturated carbocycles. The van der Waals surface area contributed by atoms with Gasteiger partial charge in [-0.05, 0) is 49.6 Å². The lowest BCUT2D eigenvalue weighted by atomic mass is 10.1. The van der Waals surface area contributed by atoms with Crippen LogP contribution in [0.25, 0.3) is 21.8 Å². The van der Waals surface area contributed by atoms with Crippen molar-refractivity contribution in [3.63, 3.8) is 0 Å². The minimum Gasteiger partial charge on any atom is -0.376 e. The van der Waals surface area contributed by atoms with Gasteiger partial charge in [-0.15, -0.1) is 0 Å². The third-order valence-electron chi connectivity index (χ3n) is 5.59. The second-order valence-corrected chi connectivity index (χ2v) is 9.19. The highest BCUT2D eigenvalue weighted by Crippen LogP contribution is 2.29. The van der Waals surface area contributed by atoms with Gasteiger partial charge in [0.15, 0.2) is 5.16 Å². The Hall–Kier alpha value is -2.41. The van der Waals surface area contributed by atoms with Crippen molar-refractivity contribution in [2.75, 3.05) is 6.61 Å². The van der Waals surface area contributed by atoms with E-state index in [1.165, 1.54) is 11.8 Å². The van der Waals surface area contributed by atoms with Crippen LogP contribution in [0.3, 0.4) is 0 Å². The minimum absolute atomic E-state index is 0.0261.